The largest absolute Gasteiger partial charge is 0.300 e. The van der Waals surface area contributed by atoms with Crippen LogP contribution in [0.4, 0.5) is 4.39 Å². The Morgan fingerprint density at radius 1 is 1.47 bits per heavy atom. The number of hydrogen-bond donors (Lipinski definition) is 1. The van der Waals surface area contributed by atoms with E-state index in [2.05, 4.69) is 9.94 Å². The smallest absolute Gasteiger partial charge is 0.149 e. The summed E-state index contributed by atoms with van der Waals surface area (Å²) in [5.74, 6) is 4.55. The lowest BCUT2D eigenvalue weighted by Gasteiger charge is -2.05. The van der Waals surface area contributed by atoms with Crippen molar-refractivity contribution in [2.24, 2.45) is 5.90 Å². The third-order valence-electron chi connectivity index (χ3n) is 2.01. The normalized spacial score (nSPS) is 10.5. The van der Waals surface area contributed by atoms with Gasteiger partial charge in [0.15, 0.2) is 0 Å². The van der Waals surface area contributed by atoms with Crippen molar-refractivity contribution in [3.8, 4) is 5.69 Å². The van der Waals surface area contributed by atoms with Crippen LogP contribution in [0.1, 0.15) is 5.56 Å². The highest BCUT2D eigenvalue weighted by Gasteiger charge is 2.05. The van der Waals surface area contributed by atoms with Crippen molar-refractivity contribution >= 4 is 0 Å². The van der Waals surface area contributed by atoms with Gasteiger partial charge in [-0.3, -0.25) is 4.84 Å². The van der Waals surface area contributed by atoms with Gasteiger partial charge >= 0.3 is 0 Å². The molecular formula is C10H10FN3O. The summed E-state index contributed by atoms with van der Waals surface area (Å²) in [5, 5.41) is 3.94. The van der Waals surface area contributed by atoms with Crippen LogP contribution in [0.3, 0.4) is 0 Å². The summed E-state index contributed by atoms with van der Waals surface area (Å²) in [7, 11) is 0. The molecule has 1 heterocycles. The molecule has 4 nitrogen and oxygen atoms in total. The van der Waals surface area contributed by atoms with E-state index in [1.54, 1.807) is 30.6 Å². The number of aromatic nitrogens is 2. The number of hydrogen-bond acceptors (Lipinski definition) is 3. The standard InChI is InChI=1S/C10H10FN3O/c11-9-6-8(7-15-12)2-3-10(9)14-5-1-4-13-14/h1-6H,7,12H2. The molecule has 0 amide bonds. The molecular weight excluding hydrogens is 197 g/mol. The van der Waals surface area contributed by atoms with E-state index in [9.17, 15) is 4.39 Å². The van der Waals surface area contributed by atoms with Crippen molar-refractivity contribution in [3.63, 3.8) is 0 Å². The van der Waals surface area contributed by atoms with Crippen LogP contribution in [0.15, 0.2) is 36.7 Å². The van der Waals surface area contributed by atoms with Gasteiger partial charge in [-0.1, -0.05) is 6.07 Å². The molecule has 0 aliphatic heterocycles. The van der Waals surface area contributed by atoms with E-state index >= 15 is 0 Å². The Kier molecular flexibility index (Phi) is 2.75. The highest BCUT2D eigenvalue weighted by molar-refractivity contribution is 5.35. The molecule has 0 spiro atoms. The molecule has 0 unspecified atom stereocenters. The van der Waals surface area contributed by atoms with Crippen LogP contribution < -0.4 is 5.90 Å². The predicted octanol–water partition coefficient (Wildman–Crippen LogP) is 1.40. The first-order chi connectivity index (χ1) is 7.31. The molecule has 0 saturated carbocycles. The van der Waals surface area contributed by atoms with Crippen LogP contribution in [0, 0.1) is 5.82 Å². The average Bonchev–Trinajstić information content (AvgIpc) is 2.71. The van der Waals surface area contributed by atoms with E-state index in [0.29, 0.717) is 11.3 Å². The summed E-state index contributed by atoms with van der Waals surface area (Å²) in [4.78, 5) is 4.42. The van der Waals surface area contributed by atoms with E-state index < -0.39 is 0 Å². The van der Waals surface area contributed by atoms with E-state index in [1.165, 1.54) is 10.7 Å². The number of benzene rings is 1. The maximum absolute atomic E-state index is 13.6. The maximum Gasteiger partial charge on any atom is 0.149 e. The molecule has 0 bridgehead atoms. The molecule has 1 aromatic heterocycles. The minimum absolute atomic E-state index is 0.191. The van der Waals surface area contributed by atoms with E-state index in [-0.39, 0.29) is 12.4 Å². The third kappa shape index (κ3) is 2.03. The SMILES string of the molecule is NOCc1ccc(-n2cccn2)c(F)c1. The van der Waals surface area contributed by atoms with Crippen molar-refractivity contribution < 1.29 is 9.23 Å². The summed E-state index contributed by atoms with van der Waals surface area (Å²) in [6.45, 7) is 0.191. The second-order valence-corrected chi connectivity index (χ2v) is 3.05. The highest BCUT2D eigenvalue weighted by atomic mass is 19.1. The fourth-order valence-corrected chi connectivity index (χ4v) is 1.33. The second kappa shape index (κ2) is 4.20. The van der Waals surface area contributed by atoms with Crippen molar-refractivity contribution in [1.82, 2.24) is 9.78 Å². The summed E-state index contributed by atoms with van der Waals surface area (Å²) in [6.07, 6.45) is 3.27. The Morgan fingerprint density at radius 2 is 2.33 bits per heavy atom. The summed E-state index contributed by atoms with van der Waals surface area (Å²) < 4.78 is 15.0. The van der Waals surface area contributed by atoms with Gasteiger partial charge in [0, 0.05) is 12.4 Å². The topological polar surface area (TPSA) is 53.1 Å². The van der Waals surface area contributed by atoms with E-state index in [0.717, 1.165) is 0 Å². The number of halogens is 1. The zero-order chi connectivity index (χ0) is 10.7. The number of rotatable bonds is 3. The second-order valence-electron chi connectivity index (χ2n) is 3.05. The molecule has 5 heteroatoms. The van der Waals surface area contributed by atoms with Gasteiger partial charge in [0.2, 0.25) is 0 Å². The fourth-order valence-electron chi connectivity index (χ4n) is 1.33. The quantitative estimate of drug-likeness (QED) is 0.774. The lowest BCUT2D eigenvalue weighted by Crippen LogP contribution is -2.02. The van der Waals surface area contributed by atoms with E-state index in [4.69, 9.17) is 5.90 Å². The van der Waals surface area contributed by atoms with Crippen molar-refractivity contribution in [2.75, 3.05) is 0 Å². The first-order valence-corrected chi connectivity index (χ1v) is 4.41. The van der Waals surface area contributed by atoms with Gasteiger partial charge in [-0.05, 0) is 23.8 Å². The zero-order valence-electron chi connectivity index (χ0n) is 7.93. The van der Waals surface area contributed by atoms with Crippen LogP contribution in [0.2, 0.25) is 0 Å². The van der Waals surface area contributed by atoms with Crippen LogP contribution in [0.25, 0.3) is 5.69 Å². The molecule has 1 aromatic carbocycles. The average molecular weight is 207 g/mol. The molecule has 0 radical (unpaired) electrons. The van der Waals surface area contributed by atoms with Crippen LogP contribution >= 0.6 is 0 Å². The molecule has 15 heavy (non-hydrogen) atoms. The predicted molar refractivity (Wildman–Crippen MR) is 52.5 cm³/mol. The Bertz CT molecular complexity index is 442. The van der Waals surface area contributed by atoms with Gasteiger partial charge in [0.1, 0.15) is 11.5 Å². The van der Waals surface area contributed by atoms with Crippen molar-refractivity contribution in [3.05, 3.63) is 48.0 Å². The van der Waals surface area contributed by atoms with Gasteiger partial charge in [-0.15, -0.1) is 0 Å². The molecule has 78 valence electrons. The lowest BCUT2D eigenvalue weighted by molar-refractivity contribution is 0.124. The van der Waals surface area contributed by atoms with E-state index in [1.807, 2.05) is 0 Å². The summed E-state index contributed by atoms with van der Waals surface area (Å²) >= 11 is 0. The highest BCUT2D eigenvalue weighted by Crippen LogP contribution is 2.14. The Balaban J connectivity index is 2.35. The minimum Gasteiger partial charge on any atom is -0.300 e. The zero-order valence-corrected chi connectivity index (χ0v) is 7.93. The fraction of sp³-hybridized carbons (Fsp3) is 0.100. The molecule has 0 saturated heterocycles. The molecule has 0 fully saturated rings. The van der Waals surface area contributed by atoms with Gasteiger partial charge in [0.05, 0.1) is 6.61 Å². The van der Waals surface area contributed by atoms with Crippen molar-refractivity contribution in [1.29, 1.82) is 0 Å². The number of nitrogens with two attached hydrogens (primary N) is 1. The van der Waals surface area contributed by atoms with Gasteiger partial charge in [0.25, 0.3) is 0 Å². The van der Waals surface area contributed by atoms with Crippen molar-refractivity contribution in [2.45, 2.75) is 6.61 Å². The molecule has 2 rings (SSSR count). The third-order valence-corrected chi connectivity index (χ3v) is 2.01. The van der Waals surface area contributed by atoms with Gasteiger partial charge in [-0.25, -0.2) is 15.0 Å². The van der Waals surface area contributed by atoms with Crippen LogP contribution in [-0.2, 0) is 11.4 Å². The van der Waals surface area contributed by atoms with Gasteiger partial charge < -0.3 is 0 Å². The van der Waals surface area contributed by atoms with Crippen LogP contribution in [0.5, 0.6) is 0 Å². The molecule has 0 aliphatic rings. The first-order valence-electron chi connectivity index (χ1n) is 4.41. The molecule has 0 atom stereocenters. The van der Waals surface area contributed by atoms with Crippen LogP contribution in [-0.4, -0.2) is 9.78 Å². The lowest BCUT2D eigenvalue weighted by atomic mass is 10.2. The Labute approximate surface area is 86.0 Å². The minimum atomic E-state index is -0.353. The molecule has 2 aromatic rings. The Morgan fingerprint density at radius 3 is 2.93 bits per heavy atom. The van der Waals surface area contributed by atoms with Gasteiger partial charge in [-0.2, -0.15) is 5.10 Å². The monoisotopic (exact) mass is 207 g/mol. The molecule has 0 aliphatic carbocycles. The number of nitrogens with zero attached hydrogens (tertiary/aromatic N) is 2. The molecule has 2 N–H and O–H groups in total. The summed E-state index contributed by atoms with van der Waals surface area (Å²) in [6, 6.07) is 6.49. The first kappa shape index (κ1) is 9.82. The Hall–Kier alpha value is -1.72. The summed E-state index contributed by atoms with van der Waals surface area (Å²) in [5.41, 5.74) is 1.09. The maximum atomic E-state index is 13.6.